The number of ether oxygens (including phenoxy) is 2. The number of carbonyl (C=O) groups is 1. The minimum Gasteiger partial charge on any atom is -0.493 e. The third-order valence-corrected chi connectivity index (χ3v) is 8.22. The number of rotatable bonds is 5. The summed E-state index contributed by atoms with van der Waals surface area (Å²) in [5.74, 6) is 0.680. The Balaban J connectivity index is 1.73. The molecule has 2 aromatic rings. The van der Waals surface area contributed by atoms with Gasteiger partial charge in [0.2, 0.25) is 15.9 Å². The van der Waals surface area contributed by atoms with E-state index in [0.717, 1.165) is 36.8 Å². The van der Waals surface area contributed by atoms with Gasteiger partial charge in [0.15, 0.2) is 11.5 Å². The second-order valence-electron chi connectivity index (χ2n) is 8.30. The molecule has 0 N–H and O–H groups in total. The van der Waals surface area contributed by atoms with Crippen LogP contribution in [0.4, 0.5) is 0 Å². The highest BCUT2D eigenvalue weighted by atomic mass is 32.2. The SMILES string of the molecule is COc1ccc(S(=O)(=O)N2Cc3ccccc3CC2C(=O)N2CCCCCC2)cc1OC. The lowest BCUT2D eigenvalue weighted by Gasteiger charge is -2.37. The molecule has 2 aromatic carbocycles. The van der Waals surface area contributed by atoms with Crippen LogP contribution in [0, 0.1) is 0 Å². The maximum absolute atomic E-state index is 13.8. The molecular formula is C24H30N2O5S. The van der Waals surface area contributed by atoms with Crippen molar-refractivity contribution in [2.75, 3.05) is 27.3 Å². The minimum atomic E-state index is -3.95. The van der Waals surface area contributed by atoms with Crippen molar-refractivity contribution in [3.05, 3.63) is 53.6 Å². The molecule has 8 heteroatoms. The van der Waals surface area contributed by atoms with Crippen molar-refractivity contribution in [2.45, 2.75) is 49.6 Å². The summed E-state index contributed by atoms with van der Waals surface area (Å²) < 4.78 is 39.5. The van der Waals surface area contributed by atoms with Gasteiger partial charge in [-0.15, -0.1) is 0 Å². The zero-order valence-corrected chi connectivity index (χ0v) is 19.4. The lowest BCUT2D eigenvalue weighted by Crippen LogP contribution is -2.53. The molecule has 1 amide bonds. The Labute approximate surface area is 190 Å². The van der Waals surface area contributed by atoms with Crippen molar-refractivity contribution in [3.8, 4) is 11.5 Å². The van der Waals surface area contributed by atoms with Crippen LogP contribution in [0.25, 0.3) is 0 Å². The van der Waals surface area contributed by atoms with E-state index in [9.17, 15) is 13.2 Å². The molecule has 7 nitrogen and oxygen atoms in total. The molecule has 0 bridgehead atoms. The van der Waals surface area contributed by atoms with Crippen molar-refractivity contribution in [3.63, 3.8) is 0 Å². The summed E-state index contributed by atoms with van der Waals surface area (Å²) in [7, 11) is -0.981. The standard InChI is InChI=1S/C24H30N2O5S/c1-30-22-12-11-20(16-23(22)31-2)32(28,29)26-17-19-10-6-5-9-18(19)15-21(26)24(27)25-13-7-3-4-8-14-25/h5-6,9-12,16,21H,3-4,7-8,13-15,17H2,1-2H3. The Kier molecular flexibility index (Phi) is 6.71. The van der Waals surface area contributed by atoms with Gasteiger partial charge in [0.25, 0.3) is 0 Å². The molecule has 0 radical (unpaired) electrons. The van der Waals surface area contributed by atoms with Crippen LogP contribution in [0.15, 0.2) is 47.4 Å². The van der Waals surface area contributed by atoms with Gasteiger partial charge < -0.3 is 14.4 Å². The highest BCUT2D eigenvalue weighted by molar-refractivity contribution is 7.89. The van der Waals surface area contributed by atoms with Crippen molar-refractivity contribution < 1.29 is 22.7 Å². The predicted molar refractivity (Wildman–Crippen MR) is 121 cm³/mol. The van der Waals surface area contributed by atoms with Crippen LogP contribution in [0.3, 0.4) is 0 Å². The average molecular weight is 459 g/mol. The first-order valence-electron chi connectivity index (χ1n) is 11.0. The maximum atomic E-state index is 13.8. The van der Waals surface area contributed by atoms with E-state index in [1.807, 2.05) is 29.2 Å². The van der Waals surface area contributed by atoms with Gasteiger partial charge in [0.1, 0.15) is 6.04 Å². The molecule has 2 aliphatic heterocycles. The highest BCUT2D eigenvalue weighted by Gasteiger charge is 2.41. The number of amides is 1. The van der Waals surface area contributed by atoms with Crippen molar-refractivity contribution in [1.82, 2.24) is 9.21 Å². The fourth-order valence-electron chi connectivity index (χ4n) is 4.58. The summed E-state index contributed by atoms with van der Waals surface area (Å²) in [6.07, 6.45) is 4.49. The Morgan fingerprint density at radius 2 is 1.56 bits per heavy atom. The van der Waals surface area contributed by atoms with E-state index in [-0.39, 0.29) is 17.3 Å². The van der Waals surface area contributed by atoms with Gasteiger partial charge in [-0.1, -0.05) is 37.1 Å². The van der Waals surface area contributed by atoms with Crippen LogP contribution in [0.1, 0.15) is 36.8 Å². The highest BCUT2D eigenvalue weighted by Crippen LogP contribution is 2.34. The number of benzene rings is 2. The normalized spacial score (nSPS) is 19.7. The summed E-state index contributed by atoms with van der Waals surface area (Å²) in [6, 6.07) is 11.5. The van der Waals surface area contributed by atoms with E-state index in [4.69, 9.17) is 9.47 Å². The monoisotopic (exact) mass is 458 g/mol. The number of hydrogen-bond acceptors (Lipinski definition) is 5. The molecule has 1 fully saturated rings. The summed E-state index contributed by atoms with van der Waals surface area (Å²) in [6.45, 7) is 1.53. The second-order valence-corrected chi connectivity index (χ2v) is 10.2. The van der Waals surface area contributed by atoms with Crippen LogP contribution < -0.4 is 9.47 Å². The molecule has 1 atom stereocenters. The predicted octanol–water partition coefficient (Wildman–Crippen LogP) is 3.22. The fraction of sp³-hybridized carbons (Fsp3) is 0.458. The number of fused-ring (bicyclic) bond motifs is 1. The zero-order valence-electron chi connectivity index (χ0n) is 18.6. The first kappa shape index (κ1) is 22.6. The van der Waals surface area contributed by atoms with Gasteiger partial charge in [0.05, 0.1) is 19.1 Å². The smallest absolute Gasteiger partial charge is 0.244 e. The molecule has 172 valence electrons. The lowest BCUT2D eigenvalue weighted by molar-refractivity contribution is -0.135. The Hall–Kier alpha value is -2.58. The zero-order chi connectivity index (χ0) is 22.7. The van der Waals surface area contributed by atoms with E-state index in [2.05, 4.69) is 0 Å². The number of sulfonamides is 1. The molecule has 1 saturated heterocycles. The quantitative estimate of drug-likeness (QED) is 0.688. The number of methoxy groups -OCH3 is 2. The van der Waals surface area contributed by atoms with Gasteiger partial charge in [-0.2, -0.15) is 4.31 Å². The van der Waals surface area contributed by atoms with E-state index in [0.29, 0.717) is 31.0 Å². The lowest BCUT2D eigenvalue weighted by atomic mass is 9.95. The largest absolute Gasteiger partial charge is 0.493 e. The Morgan fingerprint density at radius 1 is 0.906 bits per heavy atom. The van der Waals surface area contributed by atoms with Crippen molar-refractivity contribution >= 4 is 15.9 Å². The number of hydrogen-bond donors (Lipinski definition) is 0. The fourth-order valence-corrected chi connectivity index (χ4v) is 6.15. The van der Waals surface area contributed by atoms with Crippen LogP contribution in [0.2, 0.25) is 0 Å². The van der Waals surface area contributed by atoms with Crippen LogP contribution >= 0.6 is 0 Å². The molecule has 0 saturated carbocycles. The Bertz CT molecular complexity index is 1080. The van der Waals surface area contributed by atoms with Gasteiger partial charge in [-0.05, 0) is 42.5 Å². The van der Waals surface area contributed by atoms with Gasteiger partial charge >= 0.3 is 0 Å². The van der Waals surface area contributed by atoms with Gasteiger partial charge in [-0.3, -0.25) is 4.79 Å². The van der Waals surface area contributed by atoms with Crippen LogP contribution in [-0.2, 0) is 27.8 Å². The van der Waals surface area contributed by atoms with Crippen molar-refractivity contribution in [1.29, 1.82) is 0 Å². The van der Waals surface area contributed by atoms with E-state index in [1.54, 1.807) is 6.07 Å². The van der Waals surface area contributed by atoms with Gasteiger partial charge in [-0.25, -0.2) is 8.42 Å². The summed E-state index contributed by atoms with van der Waals surface area (Å²) in [5, 5.41) is 0. The van der Waals surface area contributed by atoms with Gasteiger partial charge in [0, 0.05) is 25.7 Å². The summed E-state index contributed by atoms with van der Waals surface area (Å²) in [4.78, 5) is 15.5. The molecular weight excluding hydrogens is 428 g/mol. The minimum absolute atomic E-state index is 0.0863. The Morgan fingerprint density at radius 3 is 2.22 bits per heavy atom. The molecule has 1 unspecified atom stereocenters. The second kappa shape index (κ2) is 9.50. The molecule has 0 aliphatic carbocycles. The average Bonchev–Trinajstić information content (AvgIpc) is 3.12. The molecule has 0 spiro atoms. The first-order valence-corrected chi connectivity index (χ1v) is 12.5. The van der Waals surface area contributed by atoms with E-state index >= 15 is 0 Å². The maximum Gasteiger partial charge on any atom is 0.244 e. The molecule has 2 heterocycles. The third kappa shape index (κ3) is 4.34. The van der Waals surface area contributed by atoms with E-state index in [1.165, 1.54) is 30.7 Å². The third-order valence-electron chi connectivity index (χ3n) is 6.37. The molecule has 32 heavy (non-hydrogen) atoms. The van der Waals surface area contributed by atoms with E-state index < -0.39 is 16.1 Å². The topological polar surface area (TPSA) is 76.2 Å². The summed E-state index contributed by atoms with van der Waals surface area (Å²) >= 11 is 0. The first-order chi connectivity index (χ1) is 15.5. The summed E-state index contributed by atoms with van der Waals surface area (Å²) in [5.41, 5.74) is 1.95. The van der Waals surface area contributed by atoms with Crippen LogP contribution in [-0.4, -0.2) is 56.9 Å². The number of nitrogens with zero attached hydrogens (tertiary/aromatic N) is 2. The number of carbonyl (C=O) groups excluding carboxylic acids is 1. The van der Waals surface area contributed by atoms with Crippen LogP contribution in [0.5, 0.6) is 11.5 Å². The molecule has 0 aromatic heterocycles. The number of likely N-dealkylation sites (tertiary alicyclic amines) is 1. The van der Waals surface area contributed by atoms with Crippen molar-refractivity contribution in [2.24, 2.45) is 0 Å². The molecule has 2 aliphatic rings. The molecule has 4 rings (SSSR count).